The zero-order valence-electron chi connectivity index (χ0n) is 14.9. The van der Waals surface area contributed by atoms with Crippen LogP contribution in [0.5, 0.6) is 5.75 Å². The molecule has 0 saturated carbocycles. The van der Waals surface area contributed by atoms with Gasteiger partial charge in [0.1, 0.15) is 24.4 Å². The molecule has 0 radical (unpaired) electrons. The molecule has 0 aliphatic heterocycles. The smallest absolute Gasteiger partial charge is 0.404 e. The fourth-order valence-electron chi connectivity index (χ4n) is 2.53. The van der Waals surface area contributed by atoms with Gasteiger partial charge in [-0.05, 0) is 12.1 Å². The summed E-state index contributed by atoms with van der Waals surface area (Å²) >= 11 is 2.98. The van der Waals surface area contributed by atoms with Gasteiger partial charge in [-0.25, -0.2) is 23.5 Å². The second-order valence-corrected chi connectivity index (χ2v) is 6.68. The molecule has 0 atom stereocenters. The summed E-state index contributed by atoms with van der Waals surface area (Å²) < 4.78 is 33.8. The lowest BCUT2D eigenvalue weighted by Crippen LogP contribution is -2.26. The normalized spacial score (nSPS) is 10.6. The van der Waals surface area contributed by atoms with Gasteiger partial charge in [-0.2, -0.15) is 0 Å². The van der Waals surface area contributed by atoms with Crippen molar-refractivity contribution in [2.45, 2.75) is 0 Å². The average Bonchev–Trinajstić information content (AvgIpc) is 2.67. The van der Waals surface area contributed by atoms with Crippen molar-refractivity contribution in [2.75, 3.05) is 18.5 Å². The molecular weight excluding hydrogens is 472 g/mol. The van der Waals surface area contributed by atoms with E-state index in [-0.39, 0.29) is 40.1 Å². The number of nitro benzene ring substituents is 1. The molecule has 0 aliphatic rings. The van der Waals surface area contributed by atoms with E-state index in [1.807, 2.05) is 0 Å². The van der Waals surface area contributed by atoms with Crippen molar-refractivity contribution >= 4 is 50.1 Å². The number of halogens is 3. The van der Waals surface area contributed by atoms with Crippen molar-refractivity contribution in [3.63, 3.8) is 0 Å². The third-order valence-corrected chi connectivity index (χ3v) is 4.26. The van der Waals surface area contributed by atoms with Gasteiger partial charge in [0.15, 0.2) is 17.4 Å². The number of rotatable bonds is 7. The first-order valence-electron chi connectivity index (χ1n) is 8.20. The number of nitrogens with zero attached hydrogens (tertiary/aromatic N) is 3. The first-order chi connectivity index (χ1) is 14.3. The van der Waals surface area contributed by atoms with Crippen molar-refractivity contribution in [3.8, 4) is 5.75 Å². The maximum absolute atomic E-state index is 14.1. The summed E-state index contributed by atoms with van der Waals surface area (Å²) in [5.74, 6) is -1.99. The molecule has 10 nitrogen and oxygen atoms in total. The largest absolute Gasteiger partial charge is 0.485 e. The standard InChI is InChI=1S/C17H12BrF2N5O5/c18-8-3-10(19)15(11(20)4-8)24-16-9-5-13(25(28)29)14(6-12(9)22-7-23-16)30-2-1-21-17(26)27/h3-7,21H,1-2H2,(H,26,27)(H,22,23,24). The van der Waals surface area contributed by atoms with Gasteiger partial charge in [-0.1, -0.05) is 15.9 Å². The minimum Gasteiger partial charge on any atom is -0.485 e. The summed E-state index contributed by atoms with van der Waals surface area (Å²) in [5, 5.41) is 24.7. The summed E-state index contributed by atoms with van der Waals surface area (Å²) in [6, 6.07) is 4.46. The van der Waals surface area contributed by atoms with Crippen molar-refractivity contribution in [1.82, 2.24) is 15.3 Å². The lowest BCUT2D eigenvalue weighted by molar-refractivity contribution is -0.385. The van der Waals surface area contributed by atoms with Crippen LogP contribution in [0, 0.1) is 21.7 Å². The Bertz CT molecular complexity index is 1120. The maximum atomic E-state index is 14.1. The van der Waals surface area contributed by atoms with Crippen molar-refractivity contribution in [3.05, 3.63) is 56.8 Å². The molecule has 1 aromatic heterocycles. The molecule has 1 heterocycles. The quantitative estimate of drug-likeness (QED) is 0.260. The molecule has 0 saturated heterocycles. The van der Waals surface area contributed by atoms with Gasteiger partial charge >= 0.3 is 11.8 Å². The van der Waals surface area contributed by atoms with Gasteiger partial charge in [0.25, 0.3) is 0 Å². The summed E-state index contributed by atoms with van der Waals surface area (Å²) in [4.78, 5) is 29.1. The first-order valence-corrected chi connectivity index (χ1v) is 9.00. The first kappa shape index (κ1) is 21.1. The van der Waals surface area contributed by atoms with E-state index < -0.39 is 34.0 Å². The van der Waals surface area contributed by atoms with Crippen LogP contribution in [0.1, 0.15) is 0 Å². The van der Waals surface area contributed by atoms with Crippen molar-refractivity contribution in [1.29, 1.82) is 0 Å². The van der Waals surface area contributed by atoms with Crippen LogP contribution in [0.3, 0.4) is 0 Å². The lowest BCUT2D eigenvalue weighted by atomic mass is 10.2. The number of nitrogens with one attached hydrogen (secondary N) is 2. The zero-order valence-corrected chi connectivity index (χ0v) is 16.4. The van der Waals surface area contributed by atoms with Crippen LogP contribution in [0.25, 0.3) is 10.9 Å². The molecule has 156 valence electrons. The van der Waals surface area contributed by atoms with Crippen LogP contribution in [0.15, 0.2) is 35.1 Å². The summed E-state index contributed by atoms with van der Waals surface area (Å²) in [6.07, 6.45) is -0.150. The van der Waals surface area contributed by atoms with E-state index in [0.717, 1.165) is 24.5 Å². The molecule has 2 aromatic carbocycles. The summed E-state index contributed by atoms with van der Waals surface area (Å²) in [6.45, 7) is -0.257. The Hall–Kier alpha value is -3.61. The monoisotopic (exact) mass is 483 g/mol. The Morgan fingerprint density at radius 1 is 1.23 bits per heavy atom. The summed E-state index contributed by atoms with van der Waals surface area (Å²) in [7, 11) is 0. The Morgan fingerprint density at radius 3 is 2.57 bits per heavy atom. The predicted octanol–water partition coefficient (Wildman–Crippen LogP) is 3.97. The second-order valence-electron chi connectivity index (χ2n) is 5.77. The fraction of sp³-hybridized carbons (Fsp3) is 0.118. The number of aromatic nitrogens is 2. The van der Waals surface area contributed by atoms with E-state index in [2.05, 4.69) is 36.5 Å². The lowest BCUT2D eigenvalue weighted by Gasteiger charge is -2.12. The number of hydrogen-bond acceptors (Lipinski definition) is 7. The number of anilines is 2. The van der Waals surface area contributed by atoms with Crippen LogP contribution in [-0.4, -0.2) is 39.2 Å². The van der Waals surface area contributed by atoms with Gasteiger partial charge in [0, 0.05) is 16.6 Å². The number of carboxylic acid groups (broad SMARTS) is 1. The maximum Gasteiger partial charge on any atom is 0.404 e. The van der Waals surface area contributed by atoms with E-state index in [1.54, 1.807) is 0 Å². The summed E-state index contributed by atoms with van der Waals surface area (Å²) in [5.41, 5.74) is -0.731. The molecule has 3 N–H and O–H groups in total. The highest BCUT2D eigenvalue weighted by Gasteiger charge is 2.20. The predicted molar refractivity (Wildman–Crippen MR) is 105 cm³/mol. The minimum absolute atomic E-state index is 0.0534. The fourth-order valence-corrected chi connectivity index (χ4v) is 2.93. The number of hydrogen-bond donors (Lipinski definition) is 3. The van der Waals surface area contributed by atoms with Gasteiger partial charge in [0.05, 0.1) is 22.4 Å². The molecule has 0 fully saturated rings. The molecule has 0 bridgehead atoms. The highest BCUT2D eigenvalue weighted by molar-refractivity contribution is 9.10. The molecule has 0 aliphatic carbocycles. The molecule has 3 aromatic rings. The van der Waals surface area contributed by atoms with Crippen LogP contribution in [-0.2, 0) is 0 Å². The molecule has 0 unspecified atom stereocenters. The number of benzene rings is 2. The Kier molecular flexibility index (Phi) is 6.20. The van der Waals surface area contributed by atoms with E-state index in [9.17, 15) is 23.7 Å². The Balaban J connectivity index is 1.99. The molecule has 30 heavy (non-hydrogen) atoms. The van der Waals surface area contributed by atoms with Gasteiger partial charge < -0.3 is 20.5 Å². The topological polar surface area (TPSA) is 140 Å². The number of carbonyl (C=O) groups is 1. The third kappa shape index (κ3) is 4.68. The van der Waals surface area contributed by atoms with Crippen LogP contribution < -0.4 is 15.4 Å². The molecule has 1 amide bonds. The number of nitro groups is 1. The zero-order chi connectivity index (χ0) is 21.8. The van der Waals surface area contributed by atoms with Crippen LogP contribution >= 0.6 is 15.9 Å². The minimum atomic E-state index is -1.26. The van der Waals surface area contributed by atoms with Gasteiger partial charge in [-0.15, -0.1) is 0 Å². The van der Waals surface area contributed by atoms with Crippen LogP contribution in [0.4, 0.5) is 30.8 Å². The highest BCUT2D eigenvalue weighted by atomic mass is 79.9. The second kappa shape index (κ2) is 8.82. The van der Waals surface area contributed by atoms with Gasteiger partial charge in [-0.3, -0.25) is 10.1 Å². The third-order valence-electron chi connectivity index (χ3n) is 3.80. The highest BCUT2D eigenvalue weighted by Crippen LogP contribution is 2.35. The number of ether oxygens (including phenoxy) is 1. The number of fused-ring (bicyclic) bond motifs is 1. The SMILES string of the molecule is O=C(O)NCCOc1cc2ncnc(Nc3c(F)cc(Br)cc3F)c2cc1[N+](=O)[O-]. The molecule has 13 heteroatoms. The molecular formula is C17H12BrF2N5O5. The van der Waals surface area contributed by atoms with E-state index in [4.69, 9.17) is 9.84 Å². The van der Waals surface area contributed by atoms with E-state index in [0.29, 0.717) is 0 Å². The molecule has 0 spiro atoms. The van der Waals surface area contributed by atoms with Crippen molar-refractivity contribution < 1.29 is 28.3 Å². The van der Waals surface area contributed by atoms with Crippen molar-refractivity contribution in [2.24, 2.45) is 0 Å². The number of amides is 1. The molecule has 3 rings (SSSR count). The Morgan fingerprint density at radius 2 is 1.93 bits per heavy atom. The average molecular weight is 484 g/mol. The van der Waals surface area contributed by atoms with Crippen LogP contribution in [0.2, 0.25) is 0 Å². The van der Waals surface area contributed by atoms with E-state index >= 15 is 0 Å². The Labute approximate surface area is 175 Å². The van der Waals surface area contributed by atoms with Gasteiger partial charge in [0.2, 0.25) is 0 Å². The van der Waals surface area contributed by atoms with E-state index in [1.165, 1.54) is 6.07 Å².